The fraction of sp³-hybridized carbons (Fsp3) is 0.794. The quantitative estimate of drug-likeness (QED) is 0.296. The van der Waals surface area contributed by atoms with Gasteiger partial charge in [0.05, 0.1) is 16.0 Å². The van der Waals surface area contributed by atoms with Gasteiger partial charge in [0, 0.05) is 6.42 Å². The molecule has 4 fully saturated rings. The lowest BCUT2D eigenvalue weighted by Gasteiger charge is -2.63. The topological polar surface area (TPSA) is 63.2 Å². The van der Waals surface area contributed by atoms with Crippen LogP contribution in [0.5, 0.6) is 0 Å². The Morgan fingerprint density at radius 3 is 2.27 bits per heavy atom. The molecule has 0 spiro atoms. The average Bonchev–Trinajstić information content (AvgIpc) is 3.31. The molecule has 0 aliphatic heterocycles. The summed E-state index contributed by atoms with van der Waals surface area (Å²) >= 11 is 0. The summed E-state index contributed by atoms with van der Waals surface area (Å²) in [5, 5.41) is 0. The van der Waals surface area contributed by atoms with Gasteiger partial charge in [0.15, 0.2) is 0 Å². The highest BCUT2D eigenvalue weighted by atomic mass is 32.2. The normalized spacial score (nSPS) is 36.0. The van der Waals surface area contributed by atoms with Crippen LogP contribution in [0.1, 0.15) is 116 Å². The molecule has 0 aromatic heterocycles. The van der Waals surface area contributed by atoms with Gasteiger partial charge in [-0.1, -0.05) is 47.0 Å². The van der Waals surface area contributed by atoms with Gasteiger partial charge in [-0.25, -0.2) is 13.1 Å². The van der Waals surface area contributed by atoms with Gasteiger partial charge in [-0.15, -0.1) is 0 Å². The molecular weight excluding hydrogens is 616 g/mol. The second kappa shape index (κ2) is 12.0. The number of carbonyl (C=O) groups excluding carboxylic acids is 1. The summed E-state index contributed by atoms with van der Waals surface area (Å²) in [5.74, 6) is 3.15. The molecule has 0 saturated heterocycles. The lowest BCUT2D eigenvalue weighted by molar-refractivity contribution is -0.144. The largest absolute Gasteiger partial charge is 0.417 e. The van der Waals surface area contributed by atoms with E-state index in [1.165, 1.54) is 44.9 Å². The summed E-state index contributed by atoms with van der Waals surface area (Å²) in [6.07, 6.45) is 2.13. The van der Waals surface area contributed by atoms with Gasteiger partial charge in [-0.2, -0.15) is 26.3 Å². The van der Waals surface area contributed by atoms with Crippen molar-refractivity contribution in [3.8, 4) is 0 Å². The molecule has 45 heavy (non-hydrogen) atoms. The van der Waals surface area contributed by atoms with E-state index >= 15 is 0 Å². The van der Waals surface area contributed by atoms with Gasteiger partial charge in [-0.05, 0) is 122 Å². The van der Waals surface area contributed by atoms with Crippen LogP contribution in [0.15, 0.2) is 23.1 Å². The molecule has 4 nitrogen and oxygen atoms in total. The highest BCUT2D eigenvalue weighted by Gasteiger charge is 2.61. The smallest absolute Gasteiger partial charge is 0.274 e. The van der Waals surface area contributed by atoms with Crippen molar-refractivity contribution < 1.29 is 39.6 Å². The van der Waals surface area contributed by atoms with E-state index in [1.54, 1.807) is 4.72 Å². The second-order valence-corrected chi connectivity index (χ2v) is 16.8. The molecule has 9 atom stereocenters. The standard InChI is InChI=1S/C34H47F6NO3S/c1-5-21-18-23-26-12-11-24(32(26,4)17-15-27(23)31(3)16-7-6-8-25(21)31)20(2)9-14-30(42)41-45(43,44)29-13-10-22(33(35,36)37)19-28(29)34(38,39)40/h10,13,19-21,23-27H,5-9,11-12,14-18H2,1-4H3,(H,41,42)/t20-,21+,23?,24-,25+,26?,27?,31+,32-/m1/s1. The SMILES string of the molecule is CC[C@H]1CC2C3CC[C@H]([C@H](C)CCC(=O)NS(=O)(=O)c4ccc(C(F)(F)F)cc4C(F)(F)F)[C@@]3(C)CCC2[C@@]2(C)CCCC[C@@H]12. The summed E-state index contributed by atoms with van der Waals surface area (Å²) in [6, 6.07) is 0.285. The van der Waals surface area contributed by atoms with Gasteiger partial charge < -0.3 is 0 Å². The van der Waals surface area contributed by atoms with Gasteiger partial charge in [-0.3, -0.25) is 4.79 Å². The van der Waals surface area contributed by atoms with Crippen LogP contribution in [0.2, 0.25) is 0 Å². The Bertz CT molecular complexity index is 1380. The zero-order valence-electron chi connectivity index (χ0n) is 26.7. The third-order valence-electron chi connectivity index (χ3n) is 13.0. The van der Waals surface area contributed by atoms with Crippen molar-refractivity contribution in [2.45, 2.75) is 122 Å². The molecule has 4 aliphatic carbocycles. The van der Waals surface area contributed by atoms with E-state index in [0.29, 0.717) is 29.6 Å². The minimum atomic E-state index is -5.37. The number of sulfonamides is 1. The number of amides is 1. The van der Waals surface area contributed by atoms with Crippen molar-refractivity contribution in [3.05, 3.63) is 29.3 Å². The Hall–Kier alpha value is -1.78. The van der Waals surface area contributed by atoms with Gasteiger partial charge in [0.2, 0.25) is 5.91 Å². The van der Waals surface area contributed by atoms with E-state index in [2.05, 4.69) is 27.7 Å². The van der Waals surface area contributed by atoms with Crippen LogP contribution in [0, 0.1) is 52.3 Å². The molecule has 1 aromatic carbocycles. The number of hydrogen-bond donors (Lipinski definition) is 1. The molecule has 4 saturated carbocycles. The highest BCUT2D eigenvalue weighted by molar-refractivity contribution is 7.90. The van der Waals surface area contributed by atoms with Crippen LogP contribution in [-0.4, -0.2) is 14.3 Å². The fourth-order valence-electron chi connectivity index (χ4n) is 11.0. The molecule has 11 heteroatoms. The Morgan fingerprint density at radius 1 is 0.933 bits per heavy atom. The maximum absolute atomic E-state index is 13.6. The predicted molar refractivity (Wildman–Crippen MR) is 159 cm³/mol. The van der Waals surface area contributed by atoms with Crippen LogP contribution >= 0.6 is 0 Å². The number of fused-ring (bicyclic) bond motifs is 5. The first-order valence-corrected chi connectivity index (χ1v) is 18.1. The van der Waals surface area contributed by atoms with Crippen molar-refractivity contribution in [3.63, 3.8) is 0 Å². The lowest BCUT2D eigenvalue weighted by Crippen LogP contribution is -2.55. The van der Waals surface area contributed by atoms with Gasteiger partial charge >= 0.3 is 12.4 Å². The van der Waals surface area contributed by atoms with E-state index in [4.69, 9.17) is 0 Å². The van der Waals surface area contributed by atoms with Crippen LogP contribution in [0.25, 0.3) is 0 Å². The Kier molecular flexibility index (Phi) is 9.24. The van der Waals surface area contributed by atoms with Gasteiger partial charge in [0.1, 0.15) is 0 Å². The minimum absolute atomic E-state index is 0.102. The number of nitrogens with one attached hydrogen (secondary N) is 1. The number of halogens is 6. The number of hydrogen-bond acceptors (Lipinski definition) is 3. The zero-order valence-corrected chi connectivity index (χ0v) is 27.5. The third kappa shape index (κ3) is 6.29. The maximum atomic E-state index is 13.6. The Labute approximate surface area is 263 Å². The predicted octanol–water partition coefficient (Wildman–Crippen LogP) is 9.63. The highest BCUT2D eigenvalue weighted by Crippen LogP contribution is 2.69. The van der Waals surface area contributed by atoms with E-state index in [1.807, 2.05) is 0 Å². The molecule has 0 bridgehead atoms. The molecule has 5 rings (SSSR count). The first kappa shape index (κ1) is 34.6. The van der Waals surface area contributed by atoms with Crippen molar-refractivity contribution in [2.24, 2.45) is 52.3 Å². The number of rotatable bonds is 7. The van der Waals surface area contributed by atoms with E-state index in [-0.39, 0.29) is 36.0 Å². The van der Waals surface area contributed by atoms with Gasteiger partial charge in [0.25, 0.3) is 10.0 Å². The molecule has 1 N–H and O–H groups in total. The Morgan fingerprint density at radius 2 is 1.62 bits per heavy atom. The number of benzene rings is 1. The van der Waals surface area contributed by atoms with Crippen molar-refractivity contribution >= 4 is 15.9 Å². The molecule has 1 amide bonds. The Balaban J connectivity index is 1.25. The summed E-state index contributed by atoms with van der Waals surface area (Å²) < 4.78 is 107. The molecule has 0 heterocycles. The number of alkyl halides is 6. The maximum Gasteiger partial charge on any atom is 0.417 e. The molecule has 0 radical (unpaired) electrons. The monoisotopic (exact) mass is 663 g/mol. The lowest BCUT2D eigenvalue weighted by atomic mass is 9.42. The van der Waals surface area contributed by atoms with E-state index in [9.17, 15) is 39.6 Å². The second-order valence-electron chi connectivity index (χ2n) is 15.1. The van der Waals surface area contributed by atoms with Crippen LogP contribution in [-0.2, 0) is 27.2 Å². The third-order valence-corrected chi connectivity index (χ3v) is 14.4. The minimum Gasteiger partial charge on any atom is -0.274 e. The fourth-order valence-corrected chi connectivity index (χ4v) is 12.2. The van der Waals surface area contributed by atoms with Crippen molar-refractivity contribution in [1.29, 1.82) is 0 Å². The summed E-state index contributed by atoms with van der Waals surface area (Å²) in [7, 11) is -5.06. The van der Waals surface area contributed by atoms with E-state index < -0.39 is 44.3 Å². The van der Waals surface area contributed by atoms with E-state index in [0.717, 1.165) is 37.0 Å². The molecular formula is C34H47F6NO3S. The summed E-state index contributed by atoms with van der Waals surface area (Å²) in [6.45, 7) is 9.40. The summed E-state index contributed by atoms with van der Waals surface area (Å²) in [4.78, 5) is 11.4. The first-order valence-electron chi connectivity index (χ1n) is 16.7. The molecule has 3 unspecified atom stereocenters. The molecule has 254 valence electrons. The van der Waals surface area contributed by atoms with Crippen molar-refractivity contribution in [2.75, 3.05) is 0 Å². The zero-order chi connectivity index (χ0) is 33.2. The van der Waals surface area contributed by atoms with Crippen LogP contribution < -0.4 is 4.72 Å². The average molecular weight is 664 g/mol. The number of carbonyl (C=O) groups is 1. The summed E-state index contributed by atoms with van der Waals surface area (Å²) in [5.41, 5.74) is -3.05. The molecule has 1 aromatic rings. The van der Waals surface area contributed by atoms with Crippen LogP contribution in [0.4, 0.5) is 26.3 Å². The first-order chi connectivity index (χ1) is 20.8. The molecule has 4 aliphatic rings. The van der Waals surface area contributed by atoms with Crippen LogP contribution in [0.3, 0.4) is 0 Å². The van der Waals surface area contributed by atoms with Crippen molar-refractivity contribution in [1.82, 2.24) is 4.72 Å².